The minimum absolute atomic E-state index is 0.0299. The summed E-state index contributed by atoms with van der Waals surface area (Å²) in [5.41, 5.74) is -0.0299. The highest BCUT2D eigenvalue weighted by molar-refractivity contribution is 5.58. The normalized spacial score (nSPS) is 19.7. The Morgan fingerprint density at radius 2 is 1.86 bits per heavy atom. The molecule has 0 radical (unpaired) electrons. The zero-order valence-electron chi connectivity index (χ0n) is 12.1. The Kier molecular flexibility index (Phi) is 4.17. The zero-order chi connectivity index (χ0) is 14.7. The van der Waals surface area contributed by atoms with Gasteiger partial charge in [-0.3, -0.25) is 10.1 Å². The van der Waals surface area contributed by atoms with E-state index in [9.17, 15) is 10.1 Å². The Morgan fingerprint density at radius 3 is 2.48 bits per heavy atom. The molecule has 1 aliphatic carbocycles. The second-order valence-corrected chi connectivity index (χ2v) is 5.83. The fraction of sp³-hybridized carbons (Fsp3) is 0.714. The lowest BCUT2D eigenvalue weighted by molar-refractivity contribution is -0.384. The third-order valence-corrected chi connectivity index (χ3v) is 4.01. The molecule has 3 rings (SSSR count). The molecule has 7 heteroatoms. The van der Waals surface area contributed by atoms with Gasteiger partial charge in [0.2, 0.25) is 11.8 Å². The molecule has 1 aromatic rings. The molecule has 0 atom stereocenters. The molecule has 0 bridgehead atoms. The first-order valence-corrected chi connectivity index (χ1v) is 7.77. The van der Waals surface area contributed by atoms with E-state index in [4.69, 9.17) is 0 Å². The molecule has 1 saturated carbocycles. The van der Waals surface area contributed by atoms with Crippen molar-refractivity contribution in [3.63, 3.8) is 0 Å². The highest BCUT2D eigenvalue weighted by Gasteiger charge is 2.27. The monoisotopic (exact) mass is 291 g/mol. The molecule has 1 N–H and O–H groups in total. The molecular weight excluding hydrogens is 270 g/mol. The minimum Gasteiger partial charge on any atom is -0.361 e. The molecular formula is C14H21N5O2. The van der Waals surface area contributed by atoms with Gasteiger partial charge in [-0.2, -0.15) is 4.98 Å². The lowest BCUT2D eigenvalue weighted by Gasteiger charge is -2.24. The fourth-order valence-corrected chi connectivity index (χ4v) is 2.63. The summed E-state index contributed by atoms with van der Waals surface area (Å²) in [5, 5.41) is 14.2. The van der Waals surface area contributed by atoms with E-state index in [1.807, 2.05) is 0 Å². The van der Waals surface area contributed by atoms with Crippen LogP contribution in [0.1, 0.15) is 44.9 Å². The Balaban J connectivity index is 1.81. The van der Waals surface area contributed by atoms with Crippen LogP contribution in [0.4, 0.5) is 17.5 Å². The second-order valence-electron chi connectivity index (χ2n) is 5.83. The molecule has 1 aromatic heterocycles. The van der Waals surface area contributed by atoms with Gasteiger partial charge in [-0.15, -0.1) is 0 Å². The van der Waals surface area contributed by atoms with E-state index in [1.54, 1.807) is 0 Å². The topological polar surface area (TPSA) is 84.2 Å². The van der Waals surface area contributed by atoms with E-state index in [2.05, 4.69) is 20.2 Å². The van der Waals surface area contributed by atoms with E-state index in [0.29, 0.717) is 17.8 Å². The van der Waals surface area contributed by atoms with Crippen LogP contribution in [0.15, 0.2) is 6.20 Å². The summed E-state index contributed by atoms with van der Waals surface area (Å²) in [6.07, 6.45) is 9.47. The highest BCUT2D eigenvalue weighted by atomic mass is 16.6. The Hall–Kier alpha value is -1.92. The number of hydrogen-bond donors (Lipinski definition) is 1. The van der Waals surface area contributed by atoms with Crippen molar-refractivity contribution in [2.24, 2.45) is 0 Å². The van der Waals surface area contributed by atoms with Crippen LogP contribution in [0, 0.1) is 10.1 Å². The van der Waals surface area contributed by atoms with E-state index >= 15 is 0 Å². The fourth-order valence-electron chi connectivity index (χ4n) is 2.63. The van der Waals surface area contributed by atoms with Crippen molar-refractivity contribution in [3.05, 3.63) is 16.3 Å². The predicted octanol–water partition coefficient (Wildman–Crippen LogP) is 2.73. The summed E-state index contributed by atoms with van der Waals surface area (Å²) in [4.78, 5) is 21.5. The van der Waals surface area contributed by atoms with Crippen LogP contribution >= 0.6 is 0 Å². The summed E-state index contributed by atoms with van der Waals surface area (Å²) < 4.78 is 0. The van der Waals surface area contributed by atoms with Crippen LogP contribution in [0.2, 0.25) is 0 Å². The smallest absolute Gasteiger partial charge is 0.329 e. The maximum Gasteiger partial charge on any atom is 0.329 e. The summed E-state index contributed by atoms with van der Waals surface area (Å²) in [6.45, 7) is 1.86. The third-order valence-electron chi connectivity index (χ3n) is 4.01. The molecule has 0 aromatic carbocycles. The first-order valence-electron chi connectivity index (χ1n) is 7.77. The average Bonchev–Trinajstić information content (AvgIpc) is 3.22. The molecule has 1 aliphatic heterocycles. The van der Waals surface area contributed by atoms with Gasteiger partial charge < -0.3 is 10.2 Å². The van der Waals surface area contributed by atoms with Crippen molar-refractivity contribution >= 4 is 17.5 Å². The van der Waals surface area contributed by atoms with Crippen LogP contribution in [0.25, 0.3) is 0 Å². The number of hydrogen-bond acceptors (Lipinski definition) is 6. The number of nitro groups is 1. The van der Waals surface area contributed by atoms with E-state index < -0.39 is 4.92 Å². The van der Waals surface area contributed by atoms with Crippen LogP contribution in [0.5, 0.6) is 0 Å². The Morgan fingerprint density at radius 1 is 1.19 bits per heavy atom. The number of nitrogens with one attached hydrogen (secondary N) is 1. The molecule has 114 valence electrons. The number of nitrogens with zero attached hydrogens (tertiary/aromatic N) is 4. The van der Waals surface area contributed by atoms with Crippen molar-refractivity contribution in [2.45, 2.75) is 51.0 Å². The Bertz CT molecular complexity index is 510. The van der Waals surface area contributed by atoms with Gasteiger partial charge in [0.25, 0.3) is 0 Å². The largest absolute Gasteiger partial charge is 0.361 e. The van der Waals surface area contributed by atoms with Gasteiger partial charge in [-0.25, -0.2) is 4.98 Å². The van der Waals surface area contributed by atoms with Gasteiger partial charge in [0.1, 0.15) is 6.20 Å². The number of rotatable bonds is 4. The van der Waals surface area contributed by atoms with Gasteiger partial charge in [0.15, 0.2) is 0 Å². The summed E-state index contributed by atoms with van der Waals surface area (Å²) >= 11 is 0. The zero-order valence-corrected chi connectivity index (χ0v) is 12.1. The first kappa shape index (κ1) is 14.0. The number of anilines is 2. The first-order chi connectivity index (χ1) is 10.2. The second kappa shape index (κ2) is 6.24. The highest BCUT2D eigenvalue weighted by Crippen LogP contribution is 2.30. The van der Waals surface area contributed by atoms with Crippen molar-refractivity contribution in [3.8, 4) is 0 Å². The lowest BCUT2D eigenvalue weighted by Crippen LogP contribution is -2.29. The van der Waals surface area contributed by atoms with Gasteiger partial charge in [-0.1, -0.05) is 19.3 Å². The molecule has 0 amide bonds. The van der Waals surface area contributed by atoms with Gasteiger partial charge >= 0.3 is 5.69 Å². The summed E-state index contributed by atoms with van der Waals surface area (Å²) in [6, 6.07) is 0.332. The van der Waals surface area contributed by atoms with E-state index in [0.717, 1.165) is 38.8 Å². The molecule has 0 unspecified atom stereocenters. The molecule has 1 saturated heterocycles. The van der Waals surface area contributed by atoms with Gasteiger partial charge in [0, 0.05) is 19.1 Å². The van der Waals surface area contributed by atoms with Crippen LogP contribution in [-0.4, -0.2) is 34.0 Å². The van der Waals surface area contributed by atoms with Crippen molar-refractivity contribution in [2.75, 3.05) is 23.3 Å². The maximum absolute atomic E-state index is 11.1. The van der Waals surface area contributed by atoms with Crippen LogP contribution < -0.4 is 10.2 Å². The maximum atomic E-state index is 11.1. The number of aromatic nitrogens is 2. The van der Waals surface area contributed by atoms with Crippen molar-refractivity contribution in [1.29, 1.82) is 0 Å². The van der Waals surface area contributed by atoms with Crippen molar-refractivity contribution in [1.82, 2.24) is 9.97 Å². The van der Waals surface area contributed by atoms with Crippen molar-refractivity contribution < 1.29 is 4.92 Å². The standard InChI is InChI=1S/C14H21N5O2/c20-19(21)12-10-15-14(17-13(12)16-11-6-7-11)18-8-4-2-1-3-5-9-18/h10-11H,1-9H2,(H,15,16,17). The molecule has 2 fully saturated rings. The lowest BCUT2D eigenvalue weighted by atomic mass is 10.1. The minimum atomic E-state index is -0.415. The molecule has 0 spiro atoms. The summed E-state index contributed by atoms with van der Waals surface area (Å²) in [5.74, 6) is 0.986. The average molecular weight is 291 g/mol. The van der Waals surface area contributed by atoms with E-state index in [1.165, 1.54) is 25.5 Å². The Labute approximate surface area is 123 Å². The molecule has 2 aliphatic rings. The predicted molar refractivity (Wildman–Crippen MR) is 80.6 cm³/mol. The molecule has 2 heterocycles. The molecule has 21 heavy (non-hydrogen) atoms. The van der Waals surface area contributed by atoms with Crippen LogP contribution in [-0.2, 0) is 0 Å². The van der Waals surface area contributed by atoms with Crippen LogP contribution in [0.3, 0.4) is 0 Å². The van der Waals surface area contributed by atoms with E-state index in [-0.39, 0.29) is 5.69 Å². The quantitative estimate of drug-likeness (QED) is 0.678. The van der Waals surface area contributed by atoms with Gasteiger partial charge in [0.05, 0.1) is 4.92 Å². The third kappa shape index (κ3) is 3.59. The molecule has 7 nitrogen and oxygen atoms in total. The van der Waals surface area contributed by atoms with Gasteiger partial charge in [-0.05, 0) is 25.7 Å². The summed E-state index contributed by atoms with van der Waals surface area (Å²) in [7, 11) is 0. The SMILES string of the molecule is O=[N+]([O-])c1cnc(N2CCCCCCC2)nc1NC1CC1.